The van der Waals surface area contributed by atoms with Crippen LogP contribution in [0.2, 0.25) is 0 Å². The Balaban J connectivity index is 1.18. The molecule has 2 aromatic carbocycles. The second-order valence-electron chi connectivity index (χ2n) is 12.6. The maximum absolute atomic E-state index is 13.5. The summed E-state index contributed by atoms with van der Waals surface area (Å²) in [5, 5.41) is 5.83. The molecule has 4 heterocycles. The zero-order valence-corrected chi connectivity index (χ0v) is 23.1. The van der Waals surface area contributed by atoms with Crippen molar-refractivity contribution in [3.05, 3.63) is 53.6 Å². The van der Waals surface area contributed by atoms with E-state index >= 15 is 0 Å². The van der Waals surface area contributed by atoms with E-state index in [9.17, 15) is 4.79 Å². The molecule has 8 rings (SSSR count). The Morgan fingerprint density at radius 1 is 1.03 bits per heavy atom. The van der Waals surface area contributed by atoms with Crippen LogP contribution in [0.4, 0.5) is 5.69 Å². The number of hydrogen-bond acceptors (Lipinski definition) is 4. The molecule has 3 atom stereocenters. The van der Waals surface area contributed by atoms with E-state index in [0.29, 0.717) is 17.9 Å². The molecule has 0 radical (unpaired) electrons. The second kappa shape index (κ2) is 8.88. The van der Waals surface area contributed by atoms with E-state index in [2.05, 4.69) is 63.9 Å². The molecule has 2 bridgehead atoms. The number of piperazine rings is 1. The van der Waals surface area contributed by atoms with Gasteiger partial charge in [0.2, 0.25) is 0 Å². The molecule has 4 aromatic rings. The average Bonchev–Trinajstić information content (AvgIpc) is 3.38. The number of piperidine rings is 1. The summed E-state index contributed by atoms with van der Waals surface area (Å²) in [6.45, 7) is 10.6. The normalized spacial score (nSPS) is 24.9. The van der Waals surface area contributed by atoms with Gasteiger partial charge in [0.05, 0.1) is 11.2 Å². The minimum Gasteiger partial charge on any atom is -0.454 e. The predicted octanol–water partition coefficient (Wildman–Crippen LogP) is 6.05. The number of nitrogens with zero attached hydrogens (tertiary/aromatic N) is 3. The summed E-state index contributed by atoms with van der Waals surface area (Å²) < 4.78 is 9.13. The molecular formula is C33H38N4O2. The Morgan fingerprint density at radius 2 is 1.87 bits per heavy atom. The average molecular weight is 523 g/mol. The minimum absolute atomic E-state index is 0.162. The molecule has 2 aliphatic carbocycles. The monoisotopic (exact) mass is 522 g/mol. The first-order valence-corrected chi connectivity index (χ1v) is 15.0. The lowest BCUT2D eigenvalue weighted by atomic mass is 10.0. The molecule has 202 valence electrons. The summed E-state index contributed by atoms with van der Waals surface area (Å²) in [6.07, 6.45) is 5.02. The van der Waals surface area contributed by atoms with Gasteiger partial charge in [0, 0.05) is 72.9 Å². The minimum atomic E-state index is 0.162. The van der Waals surface area contributed by atoms with Crippen molar-refractivity contribution in [3.8, 4) is 11.5 Å². The van der Waals surface area contributed by atoms with Crippen molar-refractivity contribution in [2.24, 2.45) is 17.8 Å². The zero-order valence-electron chi connectivity index (χ0n) is 23.1. The van der Waals surface area contributed by atoms with Crippen molar-refractivity contribution in [3.63, 3.8) is 0 Å². The molecule has 1 amide bonds. The number of furan rings is 1. The topological polar surface area (TPSA) is 53.7 Å². The molecule has 0 spiro atoms. The number of aryl methyl sites for hydroxylation is 1. The van der Waals surface area contributed by atoms with Crippen LogP contribution in [0.1, 0.15) is 48.5 Å². The third-order valence-corrected chi connectivity index (χ3v) is 10.2. The van der Waals surface area contributed by atoms with Gasteiger partial charge in [-0.3, -0.25) is 4.79 Å². The van der Waals surface area contributed by atoms with Gasteiger partial charge in [0.15, 0.2) is 5.76 Å². The van der Waals surface area contributed by atoms with E-state index in [1.165, 1.54) is 35.9 Å². The Kier molecular flexibility index (Phi) is 5.38. The molecule has 2 saturated carbocycles. The lowest BCUT2D eigenvalue weighted by Gasteiger charge is -2.29. The first-order valence-electron chi connectivity index (χ1n) is 15.0. The summed E-state index contributed by atoms with van der Waals surface area (Å²) in [4.78, 5) is 18.1. The number of nitrogens with one attached hydrogen (secondary N) is 1. The SMILES string of the molecule is Cc1c(-c2cc3ccc(N4CCNCC4)cc3n2CC2CC2)oc2cc(C(=O)N3CC4CCC3[C@@H]4C)ccc12. The summed E-state index contributed by atoms with van der Waals surface area (Å²) in [5.41, 5.74) is 6.47. The summed E-state index contributed by atoms with van der Waals surface area (Å²) in [7, 11) is 0. The van der Waals surface area contributed by atoms with Gasteiger partial charge in [-0.2, -0.15) is 0 Å². The van der Waals surface area contributed by atoms with Crippen LogP contribution in [-0.2, 0) is 6.54 Å². The fourth-order valence-electron chi connectivity index (χ4n) is 7.62. The van der Waals surface area contributed by atoms with E-state index in [0.717, 1.165) is 85.2 Å². The van der Waals surface area contributed by atoms with Gasteiger partial charge in [-0.1, -0.05) is 19.1 Å². The van der Waals surface area contributed by atoms with Crippen LogP contribution < -0.4 is 10.2 Å². The number of rotatable bonds is 5. The first kappa shape index (κ1) is 23.6. The van der Waals surface area contributed by atoms with Crippen LogP contribution in [-0.4, -0.2) is 54.1 Å². The van der Waals surface area contributed by atoms with Crippen molar-refractivity contribution < 1.29 is 9.21 Å². The Morgan fingerprint density at radius 3 is 2.62 bits per heavy atom. The molecule has 1 N–H and O–H groups in total. The Hall–Kier alpha value is -3.25. The van der Waals surface area contributed by atoms with Crippen molar-refractivity contribution in [2.75, 3.05) is 37.6 Å². The van der Waals surface area contributed by atoms with Crippen molar-refractivity contribution in [2.45, 2.75) is 52.1 Å². The van der Waals surface area contributed by atoms with Crippen LogP contribution in [0.15, 0.2) is 46.9 Å². The van der Waals surface area contributed by atoms with Gasteiger partial charge >= 0.3 is 0 Å². The van der Waals surface area contributed by atoms with E-state index in [-0.39, 0.29) is 5.91 Å². The number of carbonyl (C=O) groups is 1. The summed E-state index contributed by atoms with van der Waals surface area (Å²) in [6, 6.07) is 15.7. The van der Waals surface area contributed by atoms with Crippen LogP contribution in [0.5, 0.6) is 0 Å². The highest BCUT2D eigenvalue weighted by Crippen LogP contribution is 2.44. The maximum Gasteiger partial charge on any atom is 0.254 e. The lowest BCUT2D eigenvalue weighted by molar-refractivity contribution is 0.0696. The largest absolute Gasteiger partial charge is 0.454 e. The fraction of sp³-hybridized carbons (Fsp3) is 0.485. The quantitative estimate of drug-likeness (QED) is 0.347. The Labute approximate surface area is 229 Å². The molecule has 2 aromatic heterocycles. The standard InChI is InChI=1S/C33H38N4O2/c1-20-25-7-10-28(20)37(19-25)33(38)24-6-9-27-21(2)32(39-31(27)16-24)30-15-23-5-8-26(35-13-11-34-12-14-35)17-29(23)36(30)18-22-3-4-22/h5-6,8-9,15-17,20,22,25,28,34H,3-4,7,10-14,18-19H2,1-2H3/t20-,25?,28?/m1/s1. The summed E-state index contributed by atoms with van der Waals surface area (Å²) >= 11 is 0. The number of fused-ring (bicyclic) bond motifs is 4. The number of likely N-dealkylation sites (tertiary alicyclic amines) is 1. The van der Waals surface area contributed by atoms with Gasteiger partial charge < -0.3 is 24.1 Å². The van der Waals surface area contributed by atoms with Crippen LogP contribution in [0.3, 0.4) is 0 Å². The number of hydrogen-bond donors (Lipinski definition) is 1. The number of benzene rings is 2. The second-order valence-corrected chi connectivity index (χ2v) is 12.6. The molecule has 4 fully saturated rings. The van der Waals surface area contributed by atoms with Crippen molar-refractivity contribution >= 4 is 33.5 Å². The fourth-order valence-corrected chi connectivity index (χ4v) is 7.62. The number of amides is 1. The van der Waals surface area contributed by atoms with Crippen molar-refractivity contribution in [1.29, 1.82) is 0 Å². The first-order chi connectivity index (χ1) is 19.0. The lowest BCUT2D eigenvalue weighted by Crippen LogP contribution is -2.43. The molecule has 6 heteroatoms. The predicted molar refractivity (Wildman–Crippen MR) is 156 cm³/mol. The highest BCUT2D eigenvalue weighted by atomic mass is 16.3. The maximum atomic E-state index is 13.5. The molecule has 2 saturated heterocycles. The van der Waals surface area contributed by atoms with Gasteiger partial charge in [-0.15, -0.1) is 0 Å². The van der Waals surface area contributed by atoms with E-state index in [1.807, 2.05) is 12.1 Å². The number of aromatic nitrogens is 1. The van der Waals surface area contributed by atoms with E-state index in [4.69, 9.17) is 4.42 Å². The highest BCUT2D eigenvalue weighted by molar-refractivity contribution is 6.00. The number of anilines is 1. The van der Waals surface area contributed by atoms with Gasteiger partial charge in [-0.05, 0) is 80.7 Å². The third kappa shape index (κ3) is 3.82. The molecule has 4 aliphatic rings. The molecule has 39 heavy (non-hydrogen) atoms. The molecule has 2 unspecified atom stereocenters. The van der Waals surface area contributed by atoms with Gasteiger partial charge in [-0.25, -0.2) is 0 Å². The zero-order chi connectivity index (χ0) is 26.2. The van der Waals surface area contributed by atoms with E-state index < -0.39 is 0 Å². The molecule has 6 nitrogen and oxygen atoms in total. The highest BCUT2D eigenvalue weighted by Gasteiger charge is 2.46. The van der Waals surface area contributed by atoms with Crippen LogP contribution in [0.25, 0.3) is 33.3 Å². The van der Waals surface area contributed by atoms with Crippen LogP contribution >= 0.6 is 0 Å². The third-order valence-electron chi connectivity index (χ3n) is 10.2. The molecular weight excluding hydrogens is 484 g/mol. The van der Waals surface area contributed by atoms with Gasteiger partial charge in [0.25, 0.3) is 5.91 Å². The number of carbonyl (C=O) groups excluding carboxylic acids is 1. The summed E-state index contributed by atoms with van der Waals surface area (Å²) in [5.74, 6) is 3.13. The smallest absolute Gasteiger partial charge is 0.254 e. The van der Waals surface area contributed by atoms with Crippen molar-refractivity contribution in [1.82, 2.24) is 14.8 Å². The Bertz CT molecular complexity index is 1590. The van der Waals surface area contributed by atoms with E-state index in [1.54, 1.807) is 0 Å². The van der Waals surface area contributed by atoms with Gasteiger partial charge in [0.1, 0.15) is 5.58 Å². The molecule has 2 aliphatic heterocycles. The van der Waals surface area contributed by atoms with Crippen LogP contribution in [0, 0.1) is 24.7 Å².